The number of amides is 1. The predicted molar refractivity (Wildman–Crippen MR) is 146 cm³/mol. The summed E-state index contributed by atoms with van der Waals surface area (Å²) in [6.07, 6.45) is -7.37. The Labute approximate surface area is 238 Å². The second-order valence-corrected chi connectivity index (χ2v) is 10.8. The van der Waals surface area contributed by atoms with Gasteiger partial charge in [-0.1, -0.05) is 29.8 Å². The molecule has 0 saturated carbocycles. The number of aromatic nitrogens is 1. The molecule has 1 aliphatic heterocycles. The summed E-state index contributed by atoms with van der Waals surface area (Å²) < 4.78 is 82.2. The molecule has 220 valence electrons. The number of pyridine rings is 1. The van der Waals surface area contributed by atoms with Crippen molar-refractivity contribution in [3.05, 3.63) is 82.0 Å². The minimum Gasteiger partial charge on any atom is -0.358 e. The van der Waals surface area contributed by atoms with Crippen LogP contribution >= 0.6 is 11.6 Å². The summed E-state index contributed by atoms with van der Waals surface area (Å²) >= 11 is 6.53. The molecule has 41 heavy (non-hydrogen) atoms. The average molecular weight is 599 g/mol. The van der Waals surface area contributed by atoms with Crippen molar-refractivity contribution in [1.82, 2.24) is 10.3 Å². The molecule has 0 spiro atoms. The third-order valence-electron chi connectivity index (χ3n) is 7.50. The van der Waals surface area contributed by atoms with Crippen LogP contribution in [0.25, 0.3) is 11.1 Å². The second-order valence-electron chi connectivity index (χ2n) is 10.4. The number of hydrogen-bond donors (Lipinski definition) is 2. The molecule has 1 atom stereocenters. The van der Waals surface area contributed by atoms with E-state index in [1.807, 2.05) is 4.90 Å². The average Bonchev–Trinajstić information content (AvgIpc) is 2.92. The minimum atomic E-state index is -5.07. The monoisotopic (exact) mass is 598 g/mol. The smallest absolute Gasteiger partial charge is 0.358 e. The van der Waals surface area contributed by atoms with Crippen LogP contribution in [0.2, 0.25) is 5.02 Å². The molecule has 1 unspecified atom stereocenters. The zero-order valence-corrected chi connectivity index (χ0v) is 23.1. The van der Waals surface area contributed by atoms with E-state index in [1.54, 1.807) is 30.3 Å². The molecule has 0 radical (unpaired) electrons. The Hall–Kier alpha value is -3.31. The summed E-state index contributed by atoms with van der Waals surface area (Å²) in [7, 11) is 1.27. The van der Waals surface area contributed by atoms with E-state index in [0.717, 1.165) is 12.8 Å². The van der Waals surface area contributed by atoms with Crippen molar-refractivity contribution in [3.8, 4) is 11.1 Å². The Kier molecular flexibility index (Phi) is 8.61. The van der Waals surface area contributed by atoms with Crippen LogP contribution in [-0.4, -0.2) is 37.1 Å². The van der Waals surface area contributed by atoms with Crippen molar-refractivity contribution >= 4 is 23.3 Å². The molecule has 3 aromatic rings. The topological polar surface area (TPSA) is 71.2 Å². The number of hydrogen-bond acceptors (Lipinski definition) is 4. The standard InChI is InChI=1S/C29H29ClF6N4O/c1-27(26(41)38-2,18-11-19(28(31,32)33)13-20(12-18)29(34,35)36)15-17-16-39-25(40-9-7-21(37)8-10-40)14-23(17)22-5-3-4-6-24(22)30/h3-6,11-14,16,21H,7-10,15,37H2,1-2H3,(H,38,41). The first-order valence-corrected chi connectivity index (χ1v) is 13.3. The Morgan fingerprint density at radius 3 is 2.07 bits per heavy atom. The molecular weight excluding hydrogens is 570 g/mol. The first-order valence-electron chi connectivity index (χ1n) is 12.9. The van der Waals surface area contributed by atoms with Gasteiger partial charge in [0.15, 0.2) is 0 Å². The van der Waals surface area contributed by atoms with Crippen LogP contribution in [0.1, 0.15) is 42.0 Å². The lowest BCUT2D eigenvalue weighted by Gasteiger charge is -2.33. The zero-order chi connectivity index (χ0) is 30.2. The fourth-order valence-electron chi connectivity index (χ4n) is 5.09. The molecule has 12 heteroatoms. The summed E-state index contributed by atoms with van der Waals surface area (Å²) in [4.78, 5) is 19.9. The first kappa shape index (κ1) is 30.6. The molecule has 1 aliphatic rings. The van der Waals surface area contributed by atoms with Gasteiger partial charge < -0.3 is 16.0 Å². The van der Waals surface area contributed by atoms with Gasteiger partial charge in [0.1, 0.15) is 5.82 Å². The van der Waals surface area contributed by atoms with Gasteiger partial charge in [0.05, 0.1) is 16.5 Å². The molecule has 1 fully saturated rings. The summed E-state index contributed by atoms with van der Waals surface area (Å²) in [6.45, 7) is 2.64. The molecule has 0 bridgehead atoms. The summed E-state index contributed by atoms with van der Waals surface area (Å²) in [6, 6.07) is 10.0. The third-order valence-corrected chi connectivity index (χ3v) is 7.83. The van der Waals surface area contributed by atoms with E-state index >= 15 is 0 Å². The maximum atomic E-state index is 13.7. The number of rotatable bonds is 6. The van der Waals surface area contributed by atoms with Gasteiger partial charge in [0.2, 0.25) is 5.91 Å². The highest BCUT2D eigenvalue weighted by Crippen LogP contribution is 2.42. The molecule has 1 aromatic heterocycles. The Bertz CT molecular complexity index is 1390. The summed E-state index contributed by atoms with van der Waals surface area (Å²) in [5.41, 5.74) is 2.34. The second kappa shape index (κ2) is 11.5. The van der Waals surface area contributed by atoms with Crippen molar-refractivity contribution in [2.45, 2.75) is 50.0 Å². The molecule has 3 N–H and O–H groups in total. The number of carbonyl (C=O) groups is 1. The highest BCUT2D eigenvalue weighted by atomic mass is 35.5. The van der Waals surface area contributed by atoms with E-state index in [4.69, 9.17) is 17.3 Å². The van der Waals surface area contributed by atoms with Gasteiger partial charge in [0.25, 0.3) is 0 Å². The van der Waals surface area contributed by atoms with Crippen LogP contribution < -0.4 is 16.0 Å². The van der Waals surface area contributed by atoms with Crippen molar-refractivity contribution < 1.29 is 31.1 Å². The molecule has 5 nitrogen and oxygen atoms in total. The lowest BCUT2D eigenvalue weighted by atomic mass is 9.74. The van der Waals surface area contributed by atoms with Crippen LogP contribution in [0.15, 0.2) is 54.7 Å². The number of alkyl halides is 6. The van der Waals surface area contributed by atoms with E-state index < -0.39 is 40.4 Å². The van der Waals surface area contributed by atoms with Gasteiger partial charge in [0, 0.05) is 43.0 Å². The van der Waals surface area contributed by atoms with Crippen LogP contribution in [-0.2, 0) is 29.0 Å². The highest BCUT2D eigenvalue weighted by molar-refractivity contribution is 6.33. The quantitative estimate of drug-likeness (QED) is 0.313. The molecule has 2 heterocycles. The zero-order valence-electron chi connectivity index (χ0n) is 22.3. The van der Waals surface area contributed by atoms with E-state index in [9.17, 15) is 31.1 Å². The Morgan fingerprint density at radius 1 is 0.976 bits per heavy atom. The van der Waals surface area contributed by atoms with Gasteiger partial charge in [-0.3, -0.25) is 4.79 Å². The molecule has 1 amide bonds. The fourth-order valence-corrected chi connectivity index (χ4v) is 5.33. The first-order chi connectivity index (χ1) is 19.1. The number of likely N-dealkylation sites (N-methyl/N-ethyl adjacent to an activating group) is 1. The SMILES string of the molecule is CNC(=O)C(C)(Cc1cnc(N2CCC(N)CC2)cc1-c1ccccc1Cl)c1cc(C(F)(F)F)cc(C(F)(F)F)c1. The van der Waals surface area contributed by atoms with E-state index in [-0.39, 0.29) is 18.5 Å². The van der Waals surface area contributed by atoms with Crippen molar-refractivity contribution in [2.24, 2.45) is 5.73 Å². The molecule has 1 saturated heterocycles. The van der Waals surface area contributed by atoms with Crippen LogP contribution in [0.5, 0.6) is 0 Å². The van der Waals surface area contributed by atoms with E-state index in [2.05, 4.69) is 10.3 Å². The van der Waals surface area contributed by atoms with Gasteiger partial charge in [-0.25, -0.2) is 4.98 Å². The summed E-state index contributed by atoms with van der Waals surface area (Å²) in [5, 5.41) is 2.79. The van der Waals surface area contributed by atoms with Crippen molar-refractivity contribution in [2.75, 3.05) is 25.0 Å². The number of anilines is 1. The number of nitrogens with two attached hydrogens (primary N) is 1. The van der Waals surface area contributed by atoms with Crippen LogP contribution in [0.3, 0.4) is 0 Å². The molecule has 2 aromatic carbocycles. The predicted octanol–water partition coefficient (Wildman–Crippen LogP) is 6.61. The number of carbonyl (C=O) groups excluding carboxylic acids is 1. The lowest BCUT2D eigenvalue weighted by Crippen LogP contribution is -2.43. The van der Waals surface area contributed by atoms with Gasteiger partial charge in [-0.2, -0.15) is 26.3 Å². The number of nitrogens with one attached hydrogen (secondary N) is 1. The third kappa shape index (κ3) is 6.62. The normalized spacial score (nSPS) is 16.4. The van der Waals surface area contributed by atoms with Gasteiger partial charge in [-0.15, -0.1) is 0 Å². The number of halogens is 7. The maximum absolute atomic E-state index is 13.7. The van der Waals surface area contributed by atoms with Crippen LogP contribution in [0.4, 0.5) is 32.2 Å². The molecule has 0 aliphatic carbocycles. The van der Waals surface area contributed by atoms with Crippen LogP contribution in [0, 0.1) is 0 Å². The Balaban J connectivity index is 1.89. The number of piperidine rings is 1. The van der Waals surface area contributed by atoms with Gasteiger partial charge >= 0.3 is 12.4 Å². The Morgan fingerprint density at radius 2 is 1.54 bits per heavy atom. The molecular formula is C29H29ClF6N4O. The van der Waals surface area contributed by atoms with Crippen molar-refractivity contribution in [1.29, 1.82) is 0 Å². The fraction of sp³-hybridized carbons (Fsp3) is 0.379. The maximum Gasteiger partial charge on any atom is 0.416 e. The van der Waals surface area contributed by atoms with Crippen molar-refractivity contribution in [3.63, 3.8) is 0 Å². The van der Waals surface area contributed by atoms with E-state index in [1.165, 1.54) is 20.2 Å². The minimum absolute atomic E-state index is 0.0454. The number of nitrogens with zero attached hydrogens (tertiary/aromatic N) is 2. The van der Waals surface area contributed by atoms with Gasteiger partial charge in [-0.05, 0) is 73.2 Å². The highest BCUT2D eigenvalue weighted by Gasteiger charge is 2.42. The largest absolute Gasteiger partial charge is 0.416 e. The van der Waals surface area contributed by atoms with E-state index in [0.29, 0.717) is 52.8 Å². The summed E-state index contributed by atoms with van der Waals surface area (Å²) in [5.74, 6) is -0.139. The molecule has 4 rings (SSSR count). The lowest BCUT2D eigenvalue weighted by molar-refractivity contribution is -0.143. The number of benzene rings is 2.